The first-order chi connectivity index (χ1) is 10.3. The monoisotopic (exact) mass is 315 g/mol. The lowest BCUT2D eigenvalue weighted by atomic mass is 10.1. The van der Waals surface area contributed by atoms with Gasteiger partial charge in [0.2, 0.25) is 0 Å². The first kappa shape index (κ1) is 17.3. The van der Waals surface area contributed by atoms with E-state index >= 15 is 0 Å². The maximum absolute atomic E-state index is 13.6. The van der Waals surface area contributed by atoms with Gasteiger partial charge in [0.15, 0.2) is 0 Å². The van der Waals surface area contributed by atoms with Crippen LogP contribution in [0.25, 0.3) is 0 Å². The second-order valence-electron chi connectivity index (χ2n) is 4.29. The van der Waals surface area contributed by atoms with Crippen molar-refractivity contribution in [1.29, 1.82) is 0 Å². The summed E-state index contributed by atoms with van der Waals surface area (Å²) in [5.74, 6) is -2.70. The molecule has 0 aliphatic rings. The number of carbonyl (C=O) groups excluding carboxylic acids is 1. The van der Waals surface area contributed by atoms with Gasteiger partial charge in [0.25, 0.3) is 0 Å². The topological polar surface area (TPSA) is 114 Å². The normalized spacial score (nSPS) is 12.6. The van der Waals surface area contributed by atoms with Crippen molar-refractivity contribution >= 4 is 17.9 Å². The predicted octanol–water partition coefficient (Wildman–Crippen LogP) is 1.37. The molecule has 4 N–H and O–H groups in total. The summed E-state index contributed by atoms with van der Waals surface area (Å²) in [6.07, 6.45) is -1.53. The van der Waals surface area contributed by atoms with Crippen molar-refractivity contribution in [2.75, 3.05) is 0 Å². The number of nitrogens with two attached hydrogens (primary N) is 1. The second-order valence-corrected chi connectivity index (χ2v) is 4.29. The fraction of sp³-hybridized carbons (Fsp3) is 0.308. The summed E-state index contributed by atoms with van der Waals surface area (Å²) in [7, 11) is 0. The molecule has 22 heavy (non-hydrogen) atoms. The molecule has 0 aliphatic heterocycles. The van der Waals surface area contributed by atoms with E-state index < -0.39 is 29.7 Å². The number of oxime groups is 1. The van der Waals surface area contributed by atoms with Gasteiger partial charge in [0.1, 0.15) is 23.5 Å². The molecule has 1 amide bonds. The van der Waals surface area contributed by atoms with Gasteiger partial charge in [0, 0.05) is 18.9 Å². The lowest BCUT2D eigenvalue weighted by Gasteiger charge is -2.14. The molecule has 0 fully saturated rings. The first-order valence-corrected chi connectivity index (χ1v) is 6.30. The summed E-state index contributed by atoms with van der Waals surface area (Å²) >= 11 is 0. The van der Waals surface area contributed by atoms with Gasteiger partial charge in [-0.05, 0) is 11.6 Å². The molecule has 0 heterocycles. The Balaban J connectivity index is 2.88. The van der Waals surface area contributed by atoms with E-state index in [2.05, 4.69) is 9.99 Å². The van der Waals surface area contributed by atoms with Crippen LogP contribution in [0.2, 0.25) is 0 Å². The summed E-state index contributed by atoms with van der Waals surface area (Å²) in [6.45, 7) is 1.67. The van der Waals surface area contributed by atoms with Crippen LogP contribution >= 0.6 is 0 Å². The number of hydrogen-bond donors (Lipinski definition) is 3. The highest BCUT2D eigenvalue weighted by Crippen LogP contribution is 2.12. The van der Waals surface area contributed by atoms with E-state index in [1.807, 2.05) is 5.32 Å². The zero-order chi connectivity index (χ0) is 16.7. The van der Waals surface area contributed by atoms with Crippen LogP contribution in [0.1, 0.15) is 18.9 Å². The minimum atomic E-state index is -1.50. The van der Waals surface area contributed by atoms with E-state index in [1.54, 1.807) is 6.92 Å². The van der Waals surface area contributed by atoms with Gasteiger partial charge < -0.3 is 21.0 Å². The average molecular weight is 315 g/mol. The Hall–Kier alpha value is -2.71. The molecule has 9 heteroatoms. The Morgan fingerprint density at radius 2 is 2.14 bits per heavy atom. The Kier molecular flexibility index (Phi) is 6.24. The Morgan fingerprint density at radius 1 is 1.45 bits per heavy atom. The van der Waals surface area contributed by atoms with Crippen LogP contribution in [-0.4, -0.2) is 29.0 Å². The summed E-state index contributed by atoms with van der Waals surface area (Å²) in [5.41, 5.74) is 5.30. The molecule has 1 rings (SSSR count). The van der Waals surface area contributed by atoms with Gasteiger partial charge >= 0.3 is 12.1 Å². The molecular formula is C13H15F2N3O4. The Morgan fingerprint density at radius 3 is 2.68 bits per heavy atom. The summed E-state index contributed by atoms with van der Waals surface area (Å²) < 4.78 is 26.4. The minimum absolute atomic E-state index is 0.0374. The van der Waals surface area contributed by atoms with Gasteiger partial charge in [-0.15, -0.1) is 0 Å². The summed E-state index contributed by atoms with van der Waals surface area (Å²) in [6, 6.07) is 1.32. The summed E-state index contributed by atoms with van der Waals surface area (Å²) in [4.78, 5) is 27.0. The van der Waals surface area contributed by atoms with Gasteiger partial charge in [-0.25, -0.2) is 18.4 Å². The second kappa shape index (κ2) is 7.91. The van der Waals surface area contributed by atoms with Gasteiger partial charge in [-0.1, -0.05) is 18.1 Å². The van der Waals surface area contributed by atoms with Crippen LogP contribution in [0.4, 0.5) is 13.6 Å². The third-order valence-corrected chi connectivity index (χ3v) is 2.64. The average Bonchev–Trinajstić information content (AvgIpc) is 2.45. The lowest BCUT2D eigenvalue weighted by Crippen LogP contribution is -2.42. The zero-order valence-electron chi connectivity index (χ0n) is 11.7. The van der Waals surface area contributed by atoms with Crippen molar-refractivity contribution in [2.24, 2.45) is 10.9 Å². The highest BCUT2D eigenvalue weighted by molar-refractivity contribution is 5.83. The number of rotatable bonds is 6. The number of halogens is 2. The number of hydrogen-bond acceptors (Lipinski definition) is 4. The molecule has 1 aromatic rings. The smallest absolute Gasteiger partial charge is 0.405 e. The molecule has 0 aromatic heterocycles. The van der Waals surface area contributed by atoms with E-state index in [9.17, 15) is 18.4 Å². The van der Waals surface area contributed by atoms with E-state index in [1.165, 1.54) is 0 Å². The maximum Gasteiger partial charge on any atom is 0.405 e. The van der Waals surface area contributed by atoms with Crippen LogP contribution in [0.5, 0.6) is 0 Å². The third kappa shape index (κ3) is 5.35. The van der Waals surface area contributed by atoms with Gasteiger partial charge in [0.05, 0.1) is 0 Å². The number of amides is 1. The molecule has 0 saturated carbocycles. The van der Waals surface area contributed by atoms with Crippen LogP contribution in [0.15, 0.2) is 23.4 Å². The molecule has 1 aromatic carbocycles. The SMILES string of the molecule is CCC(N)=NOC(=O)C(Cc1ccc(F)cc1F)NC(=O)O. The standard InChI is InChI=1S/C13H15F2N3O4/c1-2-11(16)18-22-12(19)10(17-13(20)21)5-7-3-4-8(14)6-9(7)15/h3-4,6,10,17H,2,5H2,1H3,(H2,16,18)(H,20,21). The molecule has 0 bridgehead atoms. The molecule has 1 atom stereocenters. The number of carbonyl (C=O) groups is 2. The summed E-state index contributed by atoms with van der Waals surface area (Å²) in [5, 5.41) is 13.9. The van der Waals surface area contributed by atoms with Crippen molar-refractivity contribution in [3.05, 3.63) is 35.4 Å². The van der Waals surface area contributed by atoms with Gasteiger partial charge in [-0.2, -0.15) is 0 Å². The van der Waals surface area contributed by atoms with Crippen molar-refractivity contribution in [3.63, 3.8) is 0 Å². The number of nitrogens with one attached hydrogen (secondary N) is 1. The van der Waals surface area contributed by atoms with Crippen LogP contribution in [0.3, 0.4) is 0 Å². The number of carboxylic acid groups (broad SMARTS) is 1. The molecule has 1 unspecified atom stereocenters. The maximum atomic E-state index is 13.6. The van der Waals surface area contributed by atoms with E-state index in [0.717, 1.165) is 12.1 Å². The van der Waals surface area contributed by atoms with E-state index in [-0.39, 0.29) is 17.8 Å². The highest BCUT2D eigenvalue weighted by atomic mass is 19.1. The molecule has 120 valence electrons. The molecule has 7 nitrogen and oxygen atoms in total. The lowest BCUT2D eigenvalue weighted by molar-refractivity contribution is -0.146. The van der Waals surface area contributed by atoms with Crippen LogP contribution in [-0.2, 0) is 16.1 Å². The molecule has 0 saturated heterocycles. The van der Waals surface area contributed by atoms with E-state index in [0.29, 0.717) is 12.5 Å². The van der Waals surface area contributed by atoms with Crippen LogP contribution in [0, 0.1) is 11.6 Å². The fourth-order valence-electron chi connectivity index (χ4n) is 1.48. The van der Waals surface area contributed by atoms with Gasteiger partial charge in [-0.3, -0.25) is 0 Å². The third-order valence-electron chi connectivity index (χ3n) is 2.64. The van der Waals surface area contributed by atoms with Crippen LogP contribution < -0.4 is 11.1 Å². The largest absolute Gasteiger partial charge is 0.465 e. The van der Waals surface area contributed by atoms with Crippen molar-refractivity contribution in [1.82, 2.24) is 5.32 Å². The van der Waals surface area contributed by atoms with Crippen molar-refractivity contribution in [2.45, 2.75) is 25.8 Å². The van der Waals surface area contributed by atoms with Crippen molar-refractivity contribution in [3.8, 4) is 0 Å². The first-order valence-electron chi connectivity index (χ1n) is 6.30. The fourth-order valence-corrected chi connectivity index (χ4v) is 1.48. The Labute approximate surface area is 124 Å². The molecule has 0 spiro atoms. The number of amidine groups is 1. The predicted molar refractivity (Wildman–Crippen MR) is 73.0 cm³/mol. The highest BCUT2D eigenvalue weighted by Gasteiger charge is 2.24. The Bertz CT molecular complexity index is 593. The number of nitrogens with zero attached hydrogens (tertiary/aromatic N) is 1. The van der Waals surface area contributed by atoms with E-state index in [4.69, 9.17) is 10.8 Å². The zero-order valence-corrected chi connectivity index (χ0v) is 11.7. The van der Waals surface area contributed by atoms with Crippen molar-refractivity contribution < 1.29 is 28.3 Å². The number of benzene rings is 1. The minimum Gasteiger partial charge on any atom is -0.465 e. The quantitative estimate of drug-likeness (QED) is 0.317. The molecular weight excluding hydrogens is 300 g/mol. The molecule has 0 aliphatic carbocycles. The molecule has 0 radical (unpaired) electrons.